The van der Waals surface area contributed by atoms with Crippen molar-refractivity contribution in [2.45, 2.75) is 5.88 Å². The molecule has 0 N–H and O–H groups in total. The Bertz CT molecular complexity index is 572. The summed E-state index contributed by atoms with van der Waals surface area (Å²) in [4.78, 5) is 3.59. The Morgan fingerprint density at radius 3 is 2.44 bits per heavy atom. The summed E-state index contributed by atoms with van der Waals surface area (Å²) in [6.45, 7) is 0. The second-order valence-electron chi connectivity index (χ2n) is 3.12. The van der Waals surface area contributed by atoms with Crippen LogP contribution in [-0.2, 0) is 5.88 Å². The number of aromatic nitrogens is 1. The summed E-state index contributed by atoms with van der Waals surface area (Å²) in [6.07, 6.45) is 0. The average molecular weight is 266 g/mol. The molecule has 84 valence electrons. The van der Waals surface area contributed by atoms with E-state index in [1.165, 1.54) is 6.07 Å². The van der Waals surface area contributed by atoms with E-state index in [0.717, 1.165) is 0 Å². The molecule has 0 aliphatic heterocycles. The highest BCUT2D eigenvalue weighted by Crippen LogP contribution is 2.27. The van der Waals surface area contributed by atoms with Gasteiger partial charge in [-0.2, -0.15) is 0 Å². The SMILES string of the molecule is Fc1cc(F)c2cc(CCl)c(Cl)nc2c1F. The molecular weight excluding hydrogens is 262 g/mol. The summed E-state index contributed by atoms with van der Waals surface area (Å²) in [7, 11) is 0. The van der Waals surface area contributed by atoms with Crippen molar-refractivity contribution in [2.24, 2.45) is 0 Å². The van der Waals surface area contributed by atoms with Gasteiger partial charge in [0.1, 0.15) is 16.5 Å². The number of pyridine rings is 1. The Balaban J connectivity index is 2.90. The van der Waals surface area contributed by atoms with Crippen molar-refractivity contribution in [1.29, 1.82) is 0 Å². The standard InChI is InChI=1S/C10H4Cl2F3N/c11-3-4-1-5-6(13)2-7(14)8(15)9(5)16-10(4)12/h1-2H,3H2. The van der Waals surface area contributed by atoms with Gasteiger partial charge in [0.2, 0.25) is 0 Å². The molecule has 0 spiro atoms. The lowest BCUT2D eigenvalue weighted by molar-refractivity contribution is 0.504. The molecule has 0 saturated carbocycles. The molecule has 0 unspecified atom stereocenters. The first-order valence-electron chi connectivity index (χ1n) is 4.23. The van der Waals surface area contributed by atoms with Gasteiger partial charge in [-0.1, -0.05) is 11.6 Å². The number of halogens is 5. The Morgan fingerprint density at radius 2 is 1.81 bits per heavy atom. The molecule has 2 aromatic rings. The van der Waals surface area contributed by atoms with Gasteiger partial charge in [0.05, 0.1) is 5.88 Å². The van der Waals surface area contributed by atoms with Crippen molar-refractivity contribution in [1.82, 2.24) is 4.98 Å². The van der Waals surface area contributed by atoms with Crippen LogP contribution in [0.3, 0.4) is 0 Å². The van der Waals surface area contributed by atoms with E-state index in [9.17, 15) is 13.2 Å². The molecule has 0 aliphatic carbocycles. The van der Waals surface area contributed by atoms with E-state index in [4.69, 9.17) is 23.2 Å². The summed E-state index contributed by atoms with van der Waals surface area (Å²) < 4.78 is 39.5. The highest BCUT2D eigenvalue weighted by atomic mass is 35.5. The van der Waals surface area contributed by atoms with E-state index in [0.29, 0.717) is 11.6 Å². The van der Waals surface area contributed by atoms with Crippen molar-refractivity contribution in [3.8, 4) is 0 Å². The Labute approximate surface area is 98.8 Å². The Kier molecular flexibility index (Phi) is 2.95. The Hall–Kier alpha value is -1.00. The molecule has 2 rings (SSSR count). The fraction of sp³-hybridized carbons (Fsp3) is 0.100. The van der Waals surface area contributed by atoms with E-state index >= 15 is 0 Å². The third-order valence-corrected chi connectivity index (χ3v) is 2.74. The van der Waals surface area contributed by atoms with Crippen molar-refractivity contribution in [3.63, 3.8) is 0 Å². The van der Waals surface area contributed by atoms with Gasteiger partial charge >= 0.3 is 0 Å². The molecule has 0 amide bonds. The second-order valence-corrected chi connectivity index (χ2v) is 3.75. The van der Waals surface area contributed by atoms with E-state index in [1.807, 2.05) is 0 Å². The fourth-order valence-corrected chi connectivity index (χ4v) is 1.82. The van der Waals surface area contributed by atoms with Gasteiger partial charge in [-0.05, 0) is 6.07 Å². The lowest BCUT2D eigenvalue weighted by Gasteiger charge is -2.05. The maximum Gasteiger partial charge on any atom is 0.185 e. The molecule has 0 aliphatic rings. The summed E-state index contributed by atoms with van der Waals surface area (Å²) in [5, 5.41) is -0.203. The minimum absolute atomic E-state index is 0.0141. The fourth-order valence-electron chi connectivity index (χ4n) is 1.34. The van der Waals surface area contributed by atoms with E-state index in [-0.39, 0.29) is 16.4 Å². The van der Waals surface area contributed by atoms with Crippen molar-refractivity contribution in [2.75, 3.05) is 0 Å². The minimum atomic E-state index is -1.30. The number of fused-ring (bicyclic) bond motifs is 1. The maximum absolute atomic E-state index is 13.3. The van der Waals surface area contributed by atoms with Crippen LogP contribution in [0, 0.1) is 17.5 Å². The zero-order valence-corrected chi connectivity index (χ0v) is 9.21. The first kappa shape index (κ1) is 11.5. The van der Waals surface area contributed by atoms with Gasteiger partial charge in [-0.3, -0.25) is 0 Å². The maximum atomic E-state index is 13.3. The molecule has 1 nitrogen and oxygen atoms in total. The van der Waals surface area contributed by atoms with Crippen LogP contribution < -0.4 is 0 Å². The third kappa shape index (κ3) is 1.72. The third-order valence-electron chi connectivity index (χ3n) is 2.12. The molecule has 0 saturated heterocycles. The predicted molar refractivity (Wildman–Crippen MR) is 56.2 cm³/mol. The second kappa shape index (κ2) is 4.11. The number of alkyl halides is 1. The van der Waals surface area contributed by atoms with Gasteiger partial charge in [0, 0.05) is 17.0 Å². The average Bonchev–Trinajstić information content (AvgIpc) is 2.25. The first-order valence-corrected chi connectivity index (χ1v) is 5.14. The molecule has 0 atom stereocenters. The van der Waals surface area contributed by atoms with Crippen molar-refractivity contribution < 1.29 is 13.2 Å². The molecule has 0 fully saturated rings. The topological polar surface area (TPSA) is 12.9 Å². The van der Waals surface area contributed by atoms with E-state index in [2.05, 4.69) is 4.98 Å². The van der Waals surface area contributed by atoms with Crippen LogP contribution in [0.2, 0.25) is 5.15 Å². The van der Waals surface area contributed by atoms with Gasteiger partial charge in [-0.15, -0.1) is 11.6 Å². The van der Waals surface area contributed by atoms with Gasteiger partial charge in [-0.25, -0.2) is 18.2 Å². The van der Waals surface area contributed by atoms with Crippen molar-refractivity contribution in [3.05, 3.63) is 40.3 Å². The van der Waals surface area contributed by atoms with E-state index < -0.39 is 23.0 Å². The van der Waals surface area contributed by atoms with Gasteiger partial charge in [0.25, 0.3) is 0 Å². The van der Waals surface area contributed by atoms with E-state index in [1.54, 1.807) is 0 Å². The molecule has 1 aromatic carbocycles. The predicted octanol–water partition coefficient (Wildman–Crippen LogP) is 4.04. The monoisotopic (exact) mass is 265 g/mol. The van der Waals surface area contributed by atoms with Gasteiger partial charge in [0.15, 0.2) is 11.6 Å². The summed E-state index contributed by atoms with van der Waals surface area (Å²) in [5.74, 6) is -3.41. The van der Waals surface area contributed by atoms with Crippen LogP contribution >= 0.6 is 23.2 Å². The van der Waals surface area contributed by atoms with Crippen LogP contribution in [0.1, 0.15) is 5.56 Å². The first-order chi connectivity index (χ1) is 7.54. The van der Waals surface area contributed by atoms with Crippen LogP contribution in [-0.4, -0.2) is 4.98 Å². The molecule has 6 heteroatoms. The summed E-state index contributed by atoms with van der Waals surface area (Å²) in [6, 6.07) is 1.72. The highest BCUT2D eigenvalue weighted by Gasteiger charge is 2.15. The zero-order chi connectivity index (χ0) is 11.9. The molecule has 16 heavy (non-hydrogen) atoms. The largest absolute Gasteiger partial charge is 0.232 e. The van der Waals surface area contributed by atoms with Crippen molar-refractivity contribution >= 4 is 34.1 Å². The van der Waals surface area contributed by atoms with Crippen LogP contribution in [0.25, 0.3) is 10.9 Å². The zero-order valence-electron chi connectivity index (χ0n) is 7.70. The minimum Gasteiger partial charge on any atom is -0.232 e. The number of hydrogen-bond donors (Lipinski definition) is 0. The quantitative estimate of drug-likeness (QED) is 0.431. The number of nitrogens with zero attached hydrogens (tertiary/aromatic N) is 1. The number of hydrogen-bond acceptors (Lipinski definition) is 1. The van der Waals surface area contributed by atoms with Gasteiger partial charge < -0.3 is 0 Å². The molecule has 1 heterocycles. The molecule has 1 aromatic heterocycles. The molecule has 0 bridgehead atoms. The molecular formula is C10H4Cl2F3N. The highest BCUT2D eigenvalue weighted by molar-refractivity contribution is 6.31. The summed E-state index contributed by atoms with van der Waals surface area (Å²) in [5.41, 5.74) is -0.0721. The van der Waals surface area contributed by atoms with Crippen LogP contribution in [0.5, 0.6) is 0 Å². The van der Waals surface area contributed by atoms with Crippen LogP contribution in [0.15, 0.2) is 12.1 Å². The summed E-state index contributed by atoms with van der Waals surface area (Å²) >= 11 is 11.2. The Morgan fingerprint density at radius 1 is 1.12 bits per heavy atom. The number of benzene rings is 1. The lowest BCUT2D eigenvalue weighted by atomic mass is 10.1. The number of rotatable bonds is 1. The van der Waals surface area contributed by atoms with Crippen LogP contribution in [0.4, 0.5) is 13.2 Å². The lowest BCUT2D eigenvalue weighted by Crippen LogP contribution is -1.96. The molecule has 0 radical (unpaired) electrons. The normalized spacial score (nSPS) is 11.1. The smallest absolute Gasteiger partial charge is 0.185 e.